The average molecular weight is 460 g/mol. The van der Waals surface area contributed by atoms with Crippen LogP contribution in [0.2, 0.25) is 0 Å². The third kappa shape index (κ3) is 3.73. The summed E-state index contributed by atoms with van der Waals surface area (Å²) in [5.41, 5.74) is 6.34. The summed E-state index contributed by atoms with van der Waals surface area (Å²) in [6.07, 6.45) is 4.51. The van der Waals surface area contributed by atoms with Crippen molar-refractivity contribution < 1.29 is 12.5 Å². The summed E-state index contributed by atoms with van der Waals surface area (Å²) < 4.78 is 53.5. The molecule has 0 unspecified atom stereocenters. The Morgan fingerprint density at radius 1 is 1.26 bits per heavy atom. The Bertz CT molecular complexity index is 1370. The average Bonchev–Trinajstić information content (AvgIpc) is 3.48. The van der Waals surface area contributed by atoms with Crippen molar-refractivity contribution in [2.45, 2.75) is 37.1 Å². The Hall–Kier alpha value is -2.40. The highest BCUT2D eigenvalue weighted by Crippen LogP contribution is 2.35. The Balaban J connectivity index is 1.60. The standard InChI is InChI=1S/C21H24N6O2S2/c1-13-3-4-15(31(28,29)26-21-5-7-27(12-21)8-6-21)9-16(13)17-10-24-20(22)19(25-17)18-11-23-14(2)30-18/h3-4,9-11,26H,5-8,12H2,1-2H3,(H2,22,24)/i1D3. The van der Waals surface area contributed by atoms with Gasteiger partial charge in [-0.25, -0.2) is 28.1 Å². The van der Waals surface area contributed by atoms with E-state index in [0.717, 1.165) is 30.9 Å². The van der Waals surface area contributed by atoms with Gasteiger partial charge >= 0.3 is 0 Å². The molecule has 1 aromatic carbocycles. The fraction of sp³-hybridized carbons (Fsp3) is 0.381. The van der Waals surface area contributed by atoms with Crippen LogP contribution >= 0.6 is 11.3 Å². The zero-order valence-corrected chi connectivity index (χ0v) is 18.6. The topological polar surface area (TPSA) is 114 Å². The maximum Gasteiger partial charge on any atom is 0.241 e. The summed E-state index contributed by atoms with van der Waals surface area (Å²) in [4.78, 5) is 15.9. The van der Waals surface area contributed by atoms with E-state index >= 15 is 0 Å². The van der Waals surface area contributed by atoms with Crippen LogP contribution in [0, 0.1) is 13.8 Å². The van der Waals surface area contributed by atoms with Crippen LogP contribution in [0.25, 0.3) is 21.8 Å². The number of anilines is 1. The van der Waals surface area contributed by atoms with Crippen molar-refractivity contribution in [3.8, 4) is 21.8 Å². The molecule has 2 aromatic heterocycles. The number of fused-ring (bicyclic) bond motifs is 2. The van der Waals surface area contributed by atoms with E-state index in [1.165, 1.54) is 35.7 Å². The number of nitrogen functional groups attached to an aromatic ring is 1. The quantitative estimate of drug-likeness (QED) is 0.603. The van der Waals surface area contributed by atoms with Gasteiger partial charge in [-0.15, -0.1) is 11.3 Å². The van der Waals surface area contributed by atoms with E-state index in [1.807, 2.05) is 6.92 Å². The van der Waals surface area contributed by atoms with Gasteiger partial charge in [0.2, 0.25) is 10.0 Å². The number of nitrogens with two attached hydrogens (primary N) is 1. The Morgan fingerprint density at radius 2 is 2.06 bits per heavy atom. The molecule has 5 rings (SSSR count). The molecule has 10 heteroatoms. The third-order valence-electron chi connectivity index (χ3n) is 5.92. The van der Waals surface area contributed by atoms with Crippen LogP contribution in [0.4, 0.5) is 5.82 Å². The molecule has 0 spiro atoms. The van der Waals surface area contributed by atoms with Gasteiger partial charge in [0.15, 0.2) is 5.82 Å². The second-order valence-electron chi connectivity index (χ2n) is 8.10. The minimum Gasteiger partial charge on any atom is -0.382 e. The maximum absolute atomic E-state index is 13.3. The Labute approximate surface area is 189 Å². The fourth-order valence-corrected chi connectivity index (χ4v) is 6.54. The lowest BCUT2D eigenvalue weighted by molar-refractivity contribution is 0.359. The van der Waals surface area contributed by atoms with E-state index in [1.54, 1.807) is 6.20 Å². The summed E-state index contributed by atoms with van der Waals surface area (Å²) in [7, 11) is -3.89. The van der Waals surface area contributed by atoms with E-state index in [-0.39, 0.29) is 27.5 Å². The van der Waals surface area contributed by atoms with Crippen molar-refractivity contribution in [1.29, 1.82) is 0 Å². The molecule has 2 aliphatic heterocycles. The number of benzene rings is 1. The molecule has 31 heavy (non-hydrogen) atoms. The van der Waals surface area contributed by atoms with Gasteiger partial charge in [0.25, 0.3) is 0 Å². The predicted octanol–water partition coefficient (Wildman–Crippen LogP) is 2.59. The SMILES string of the molecule is [2H]C([2H])([2H])c1ccc(S(=O)(=O)NC23CCN(CC2)C3)cc1-c1cnc(N)c(-c2cnc(C)s2)n1. The van der Waals surface area contributed by atoms with E-state index in [4.69, 9.17) is 9.85 Å². The first kappa shape index (κ1) is 17.2. The first-order valence-corrected chi connectivity index (χ1v) is 12.2. The van der Waals surface area contributed by atoms with Crippen LogP contribution in [0.1, 0.15) is 27.5 Å². The zero-order chi connectivity index (χ0) is 24.3. The van der Waals surface area contributed by atoms with E-state index in [0.29, 0.717) is 17.1 Å². The minimum absolute atomic E-state index is 0.0102. The van der Waals surface area contributed by atoms with Crippen LogP contribution < -0.4 is 10.5 Å². The van der Waals surface area contributed by atoms with Crippen LogP contribution in [0.3, 0.4) is 0 Å². The molecule has 3 N–H and O–H groups in total. The van der Waals surface area contributed by atoms with Crippen LogP contribution in [-0.2, 0) is 10.0 Å². The summed E-state index contributed by atoms with van der Waals surface area (Å²) in [5.74, 6) is 0.180. The summed E-state index contributed by atoms with van der Waals surface area (Å²) in [5, 5.41) is 0.820. The molecule has 0 amide bonds. The lowest BCUT2D eigenvalue weighted by atomic mass is 9.97. The molecule has 2 saturated heterocycles. The van der Waals surface area contributed by atoms with Gasteiger partial charge in [-0.2, -0.15) is 0 Å². The molecule has 162 valence electrons. The van der Waals surface area contributed by atoms with Crippen molar-refractivity contribution >= 4 is 27.2 Å². The number of hydrogen-bond acceptors (Lipinski definition) is 8. The van der Waals surface area contributed by atoms with Gasteiger partial charge in [0.05, 0.1) is 26.7 Å². The smallest absolute Gasteiger partial charge is 0.241 e. The second kappa shape index (κ2) is 7.33. The number of nitrogens with zero attached hydrogens (tertiary/aromatic N) is 4. The number of aromatic nitrogens is 3. The van der Waals surface area contributed by atoms with Gasteiger partial charge in [-0.3, -0.25) is 0 Å². The molecule has 4 heterocycles. The molecule has 0 aliphatic carbocycles. The first-order valence-electron chi connectivity index (χ1n) is 11.4. The highest BCUT2D eigenvalue weighted by atomic mass is 32.2. The summed E-state index contributed by atoms with van der Waals surface area (Å²) in [6, 6.07) is 4.03. The van der Waals surface area contributed by atoms with Gasteiger partial charge < -0.3 is 10.6 Å². The molecule has 2 aliphatic rings. The molecule has 8 nitrogen and oxygen atoms in total. The number of piperidine rings is 1. The lowest BCUT2D eigenvalue weighted by Gasteiger charge is -2.26. The third-order valence-corrected chi connectivity index (χ3v) is 8.42. The summed E-state index contributed by atoms with van der Waals surface area (Å²) in [6.45, 7) is 1.79. The number of thiazole rings is 1. The normalized spacial score (nSPS) is 24.7. The van der Waals surface area contributed by atoms with Crippen LogP contribution in [-0.4, -0.2) is 53.4 Å². The van der Waals surface area contributed by atoms with Crippen molar-refractivity contribution in [1.82, 2.24) is 24.6 Å². The highest BCUT2D eigenvalue weighted by molar-refractivity contribution is 7.89. The van der Waals surface area contributed by atoms with Crippen molar-refractivity contribution in [2.75, 3.05) is 25.4 Å². The van der Waals surface area contributed by atoms with Crippen LogP contribution in [0.15, 0.2) is 35.5 Å². The van der Waals surface area contributed by atoms with Crippen LogP contribution in [0.5, 0.6) is 0 Å². The van der Waals surface area contributed by atoms with E-state index < -0.39 is 22.4 Å². The fourth-order valence-electron chi connectivity index (χ4n) is 4.29. The maximum atomic E-state index is 13.3. The first-order chi connectivity index (χ1) is 16.0. The molecule has 0 atom stereocenters. The van der Waals surface area contributed by atoms with Gasteiger partial charge in [0.1, 0.15) is 5.69 Å². The van der Waals surface area contributed by atoms with E-state index in [2.05, 4.69) is 24.6 Å². The van der Waals surface area contributed by atoms with Gasteiger partial charge in [-0.1, -0.05) is 6.07 Å². The number of aryl methyl sites for hydroxylation is 2. The molecule has 0 radical (unpaired) electrons. The monoisotopic (exact) mass is 459 g/mol. The van der Waals surface area contributed by atoms with Crippen molar-refractivity contribution in [3.63, 3.8) is 0 Å². The van der Waals surface area contributed by atoms with Gasteiger partial charge in [0, 0.05) is 41.0 Å². The predicted molar refractivity (Wildman–Crippen MR) is 121 cm³/mol. The molecule has 3 aromatic rings. The lowest BCUT2D eigenvalue weighted by Crippen LogP contribution is -2.47. The number of rotatable bonds is 5. The number of sulfonamides is 1. The van der Waals surface area contributed by atoms with Crippen molar-refractivity contribution in [2.24, 2.45) is 0 Å². The Kier molecular flexibility index (Phi) is 4.07. The molecule has 2 fully saturated rings. The molecule has 0 saturated carbocycles. The van der Waals surface area contributed by atoms with Gasteiger partial charge in [-0.05, 0) is 44.3 Å². The molecular weight excluding hydrogens is 432 g/mol. The van der Waals surface area contributed by atoms with Crippen molar-refractivity contribution in [3.05, 3.63) is 41.2 Å². The summed E-state index contributed by atoms with van der Waals surface area (Å²) >= 11 is 1.39. The minimum atomic E-state index is -3.89. The number of hydrogen-bond donors (Lipinski definition) is 2. The molecule has 2 bridgehead atoms. The van der Waals surface area contributed by atoms with E-state index in [9.17, 15) is 8.42 Å². The molecular formula is C21H24N6O2S2. The highest BCUT2D eigenvalue weighted by Gasteiger charge is 2.46. The number of nitrogens with one attached hydrogen (secondary N) is 1. The second-order valence-corrected chi connectivity index (χ2v) is 11.0. The largest absolute Gasteiger partial charge is 0.382 e. The zero-order valence-electron chi connectivity index (χ0n) is 19.9. The Morgan fingerprint density at radius 3 is 2.71 bits per heavy atom.